The van der Waals surface area contributed by atoms with E-state index in [9.17, 15) is 10.1 Å². The van der Waals surface area contributed by atoms with Crippen LogP contribution in [-0.2, 0) is 0 Å². The van der Waals surface area contributed by atoms with Gasteiger partial charge in [-0.25, -0.2) is 0 Å². The SMILES string of the molecule is Nc1cccc(Nc2ccc(I)cc2[N+](=O)[O-])c1. The van der Waals surface area contributed by atoms with E-state index in [-0.39, 0.29) is 5.69 Å². The Bertz CT molecular complexity index is 602. The zero-order chi connectivity index (χ0) is 13.1. The zero-order valence-electron chi connectivity index (χ0n) is 9.26. The molecule has 6 heteroatoms. The molecule has 0 radical (unpaired) electrons. The summed E-state index contributed by atoms with van der Waals surface area (Å²) in [5.41, 5.74) is 7.48. The van der Waals surface area contributed by atoms with Gasteiger partial charge in [-0.2, -0.15) is 0 Å². The number of nitrogens with two attached hydrogens (primary N) is 1. The van der Waals surface area contributed by atoms with Crippen LogP contribution in [0.5, 0.6) is 0 Å². The average molecular weight is 355 g/mol. The number of hydrogen-bond donors (Lipinski definition) is 2. The predicted molar refractivity (Wildman–Crippen MR) is 80.0 cm³/mol. The smallest absolute Gasteiger partial charge is 0.293 e. The number of hydrogen-bond acceptors (Lipinski definition) is 4. The third-order valence-corrected chi connectivity index (χ3v) is 2.99. The van der Waals surface area contributed by atoms with E-state index in [2.05, 4.69) is 5.32 Å². The predicted octanol–water partition coefficient (Wildman–Crippen LogP) is 3.53. The zero-order valence-corrected chi connectivity index (χ0v) is 11.4. The molecule has 5 nitrogen and oxygen atoms in total. The van der Waals surface area contributed by atoms with Crippen molar-refractivity contribution in [3.8, 4) is 0 Å². The highest BCUT2D eigenvalue weighted by Crippen LogP contribution is 2.29. The molecule has 0 atom stereocenters. The Morgan fingerprint density at radius 2 is 2.00 bits per heavy atom. The molecule has 0 aliphatic heterocycles. The number of nitro groups is 1. The third-order valence-electron chi connectivity index (χ3n) is 2.32. The van der Waals surface area contributed by atoms with Gasteiger partial charge < -0.3 is 11.1 Å². The van der Waals surface area contributed by atoms with Crippen LogP contribution in [0.15, 0.2) is 42.5 Å². The fraction of sp³-hybridized carbons (Fsp3) is 0. The lowest BCUT2D eigenvalue weighted by Gasteiger charge is -2.08. The standard InChI is InChI=1S/C12H10IN3O2/c13-8-4-5-11(12(6-8)16(17)18)15-10-3-1-2-9(14)7-10/h1-7,15H,14H2. The summed E-state index contributed by atoms with van der Waals surface area (Å²) < 4.78 is 0.817. The van der Waals surface area contributed by atoms with Crippen LogP contribution in [0.4, 0.5) is 22.7 Å². The first-order valence-corrected chi connectivity index (χ1v) is 6.20. The largest absolute Gasteiger partial charge is 0.399 e. The average Bonchev–Trinajstić information content (AvgIpc) is 2.31. The second-order valence-electron chi connectivity index (χ2n) is 3.67. The minimum Gasteiger partial charge on any atom is -0.399 e. The van der Waals surface area contributed by atoms with Gasteiger partial charge in [0.05, 0.1) is 4.92 Å². The molecule has 2 aromatic carbocycles. The van der Waals surface area contributed by atoms with E-state index in [1.54, 1.807) is 30.3 Å². The van der Waals surface area contributed by atoms with Crippen LogP contribution in [-0.4, -0.2) is 4.92 Å². The van der Waals surface area contributed by atoms with E-state index in [1.807, 2.05) is 28.7 Å². The summed E-state index contributed by atoms with van der Waals surface area (Å²) in [7, 11) is 0. The van der Waals surface area contributed by atoms with Crippen LogP contribution >= 0.6 is 22.6 Å². The Hall–Kier alpha value is -1.83. The lowest BCUT2D eigenvalue weighted by atomic mass is 10.2. The molecule has 3 N–H and O–H groups in total. The van der Waals surface area contributed by atoms with Gasteiger partial charge in [0.1, 0.15) is 5.69 Å². The van der Waals surface area contributed by atoms with E-state index in [0.717, 1.165) is 9.26 Å². The molecular weight excluding hydrogens is 345 g/mol. The molecule has 0 aliphatic carbocycles. The summed E-state index contributed by atoms with van der Waals surface area (Å²) in [5.74, 6) is 0. The van der Waals surface area contributed by atoms with Crippen molar-refractivity contribution in [1.82, 2.24) is 0 Å². The minimum absolute atomic E-state index is 0.0457. The maximum atomic E-state index is 11.0. The van der Waals surface area contributed by atoms with Gasteiger partial charge in [-0.1, -0.05) is 6.07 Å². The maximum Gasteiger partial charge on any atom is 0.293 e. The first-order chi connectivity index (χ1) is 8.56. The number of nitrogens with one attached hydrogen (secondary N) is 1. The van der Waals surface area contributed by atoms with Gasteiger partial charge in [0.2, 0.25) is 0 Å². The first-order valence-electron chi connectivity index (χ1n) is 5.13. The highest BCUT2D eigenvalue weighted by atomic mass is 127. The normalized spacial score (nSPS) is 10.1. The summed E-state index contributed by atoms with van der Waals surface area (Å²) in [5, 5.41) is 14.0. The Morgan fingerprint density at radius 3 is 2.67 bits per heavy atom. The van der Waals surface area contributed by atoms with Crippen molar-refractivity contribution in [2.24, 2.45) is 0 Å². The van der Waals surface area contributed by atoms with Gasteiger partial charge in [-0.05, 0) is 52.9 Å². The second-order valence-corrected chi connectivity index (χ2v) is 4.91. The van der Waals surface area contributed by atoms with Crippen molar-refractivity contribution in [1.29, 1.82) is 0 Å². The van der Waals surface area contributed by atoms with Crippen molar-refractivity contribution >= 4 is 45.3 Å². The van der Waals surface area contributed by atoms with Crippen molar-refractivity contribution in [3.05, 3.63) is 56.1 Å². The molecular formula is C12H10IN3O2. The summed E-state index contributed by atoms with van der Waals surface area (Å²) >= 11 is 2.04. The lowest BCUT2D eigenvalue weighted by molar-refractivity contribution is -0.384. The van der Waals surface area contributed by atoms with Gasteiger partial charge in [0.15, 0.2) is 0 Å². The topological polar surface area (TPSA) is 81.2 Å². The molecule has 0 spiro atoms. The number of halogens is 1. The highest BCUT2D eigenvalue weighted by molar-refractivity contribution is 14.1. The number of nitrogen functional groups attached to an aromatic ring is 1. The van der Waals surface area contributed by atoms with Gasteiger partial charge >= 0.3 is 0 Å². The van der Waals surface area contributed by atoms with Crippen LogP contribution in [0.3, 0.4) is 0 Å². The summed E-state index contributed by atoms with van der Waals surface area (Å²) in [6, 6.07) is 12.1. The molecule has 0 aromatic heterocycles. The van der Waals surface area contributed by atoms with Crippen LogP contribution in [0.1, 0.15) is 0 Å². The summed E-state index contributed by atoms with van der Waals surface area (Å²) in [4.78, 5) is 10.6. The van der Waals surface area contributed by atoms with Crippen molar-refractivity contribution in [3.63, 3.8) is 0 Å². The van der Waals surface area contributed by atoms with Crippen molar-refractivity contribution in [2.75, 3.05) is 11.1 Å². The Morgan fingerprint density at radius 1 is 1.22 bits per heavy atom. The van der Waals surface area contributed by atoms with E-state index in [1.165, 1.54) is 6.07 Å². The van der Waals surface area contributed by atoms with Crippen LogP contribution in [0, 0.1) is 13.7 Å². The number of nitrogens with zero attached hydrogens (tertiary/aromatic N) is 1. The maximum absolute atomic E-state index is 11.0. The molecule has 92 valence electrons. The van der Waals surface area contributed by atoms with Crippen LogP contribution in [0.25, 0.3) is 0 Å². The van der Waals surface area contributed by atoms with E-state index < -0.39 is 4.92 Å². The molecule has 0 amide bonds. The minimum atomic E-state index is -0.406. The van der Waals surface area contributed by atoms with Crippen LogP contribution < -0.4 is 11.1 Å². The molecule has 2 rings (SSSR count). The number of nitro benzene ring substituents is 1. The molecule has 0 bridgehead atoms. The molecule has 0 saturated heterocycles. The van der Waals surface area contributed by atoms with Gasteiger partial charge in [-0.3, -0.25) is 10.1 Å². The summed E-state index contributed by atoms with van der Waals surface area (Å²) in [6.07, 6.45) is 0. The van der Waals surface area contributed by atoms with E-state index in [4.69, 9.17) is 5.73 Å². The van der Waals surface area contributed by atoms with Gasteiger partial charge in [0.25, 0.3) is 5.69 Å². The van der Waals surface area contributed by atoms with Crippen molar-refractivity contribution in [2.45, 2.75) is 0 Å². The molecule has 0 saturated carbocycles. The molecule has 2 aromatic rings. The number of anilines is 3. The Balaban J connectivity index is 2.37. The van der Waals surface area contributed by atoms with E-state index in [0.29, 0.717) is 11.4 Å². The van der Waals surface area contributed by atoms with Crippen molar-refractivity contribution < 1.29 is 4.92 Å². The third kappa shape index (κ3) is 2.89. The molecule has 0 aliphatic rings. The number of rotatable bonds is 3. The first kappa shape index (κ1) is 12.6. The molecule has 0 heterocycles. The Kier molecular flexibility index (Phi) is 3.66. The van der Waals surface area contributed by atoms with Gasteiger partial charge in [0, 0.05) is 21.0 Å². The quantitative estimate of drug-likeness (QED) is 0.382. The highest BCUT2D eigenvalue weighted by Gasteiger charge is 2.14. The Labute approximate surface area is 117 Å². The second kappa shape index (κ2) is 5.21. The van der Waals surface area contributed by atoms with Gasteiger partial charge in [-0.15, -0.1) is 0 Å². The number of benzene rings is 2. The molecule has 18 heavy (non-hydrogen) atoms. The fourth-order valence-electron chi connectivity index (χ4n) is 1.53. The molecule has 0 unspecified atom stereocenters. The molecule has 0 fully saturated rings. The van der Waals surface area contributed by atoms with Crippen LogP contribution in [0.2, 0.25) is 0 Å². The lowest BCUT2D eigenvalue weighted by Crippen LogP contribution is -1.98. The van der Waals surface area contributed by atoms with E-state index >= 15 is 0 Å². The monoisotopic (exact) mass is 355 g/mol. The summed E-state index contributed by atoms with van der Waals surface area (Å²) in [6.45, 7) is 0. The fourth-order valence-corrected chi connectivity index (χ4v) is 2.01.